The second-order valence-corrected chi connectivity index (χ2v) is 7.30. The summed E-state index contributed by atoms with van der Waals surface area (Å²) in [6.07, 6.45) is 6.11. The van der Waals surface area contributed by atoms with Crippen LogP contribution in [0.3, 0.4) is 0 Å². The van der Waals surface area contributed by atoms with Crippen LogP contribution in [0.1, 0.15) is 15.9 Å². The van der Waals surface area contributed by atoms with Gasteiger partial charge in [-0.15, -0.1) is 0 Å². The molecule has 3 N–H and O–H groups in total. The van der Waals surface area contributed by atoms with Crippen molar-refractivity contribution in [2.24, 2.45) is 0 Å². The van der Waals surface area contributed by atoms with Crippen molar-refractivity contribution in [2.45, 2.75) is 6.42 Å². The lowest BCUT2D eigenvalue weighted by molar-refractivity contribution is 0.0955. The van der Waals surface area contributed by atoms with Crippen molar-refractivity contribution in [1.82, 2.24) is 20.3 Å². The number of nitrogens with one attached hydrogen (secondary N) is 3. The van der Waals surface area contributed by atoms with E-state index in [-0.39, 0.29) is 5.91 Å². The fraction of sp³-hybridized carbons (Fsp3) is 0.0800. The predicted molar refractivity (Wildman–Crippen MR) is 124 cm³/mol. The molecule has 5 aromatic rings. The van der Waals surface area contributed by atoms with Gasteiger partial charge >= 0.3 is 0 Å². The minimum absolute atomic E-state index is 0.108. The van der Waals surface area contributed by atoms with Crippen LogP contribution in [0, 0.1) is 0 Å². The van der Waals surface area contributed by atoms with E-state index in [1.54, 1.807) is 12.4 Å². The molecule has 31 heavy (non-hydrogen) atoms. The van der Waals surface area contributed by atoms with Crippen LogP contribution < -0.4 is 10.6 Å². The molecule has 6 heteroatoms. The molecule has 0 saturated carbocycles. The molecule has 0 bridgehead atoms. The minimum Gasteiger partial charge on any atom is -0.361 e. The number of aromatic amines is 1. The SMILES string of the molecule is O=C(NCCc1c[nH]c2ccccc12)c1ccccc1Nc1ccc2nccnc2c1. The Balaban J connectivity index is 1.29. The monoisotopic (exact) mass is 407 g/mol. The summed E-state index contributed by atoms with van der Waals surface area (Å²) in [4.78, 5) is 24.8. The van der Waals surface area contributed by atoms with Crippen molar-refractivity contribution in [1.29, 1.82) is 0 Å². The highest BCUT2D eigenvalue weighted by Gasteiger charge is 2.12. The number of H-pyrrole nitrogens is 1. The van der Waals surface area contributed by atoms with Crippen molar-refractivity contribution < 1.29 is 4.79 Å². The minimum atomic E-state index is -0.108. The normalized spacial score (nSPS) is 11.0. The molecule has 0 unspecified atom stereocenters. The average Bonchev–Trinajstić information content (AvgIpc) is 3.22. The molecule has 0 aliphatic rings. The first-order valence-corrected chi connectivity index (χ1v) is 10.2. The Hall–Kier alpha value is -4.19. The van der Waals surface area contributed by atoms with Crippen LogP contribution in [0.15, 0.2) is 85.3 Å². The molecule has 0 aliphatic heterocycles. The number of carbonyl (C=O) groups excluding carboxylic acids is 1. The molecular weight excluding hydrogens is 386 g/mol. The molecule has 0 aliphatic carbocycles. The van der Waals surface area contributed by atoms with Crippen LogP contribution in [0.4, 0.5) is 11.4 Å². The lowest BCUT2D eigenvalue weighted by Gasteiger charge is -2.12. The predicted octanol–water partition coefficient (Wildman–Crippen LogP) is 4.83. The number of hydrogen-bond donors (Lipinski definition) is 3. The number of nitrogens with zero attached hydrogens (tertiary/aromatic N) is 2. The van der Waals surface area contributed by atoms with Crippen LogP contribution in [0.25, 0.3) is 21.9 Å². The van der Waals surface area contributed by atoms with Gasteiger partial charge in [0.15, 0.2) is 0 Å². The first kappa shape index (κ1) is 18.8. The van der Waals surface area contributed by atoms with Crippen molar-refractivity contribution in [2.75, 3.05) is 11.9 Å². The smallest absolute Gasteiger partial charge is 0.253 e. The van der Waals surface area contributed by atoms with Gasteiger partial charge in [0.1, 0.15) is 0 Å². The number of anilines is 2. The van der Waals surface area contributed by atoms with Gasteiger partial charge in [0.25, 0.3) is 5.91 Å². The summed E-state index contributed by atoms with van der Waals surface area (Å²) in [5.74, 6) is -0.108. The van der Waals surface area contributed by atoms with Crippen molar-refractivity contribution >= 4 is 39.2 Å². The molecule has 1 amide bonds. The molecule has 0 radical (unpaired) electrons. The third kappa shape index (κ3) is 3.96. The summed E-state index contributed by atoms with van der Waals surface area (Å²) in [7, 11) is 0. The quantitative estimate of drug-likeness (QED) is 0.377. The van der Waals surface area contributed by atoms with Crippen molar-refractivity contribution in [3.8, 4) is 0 Å². The Morgan fingerprint density at radius 3 is 2.65 bits per heavy atom. The number of benzene rings is 3. The lowest BCUT2D eigenvalue weighted by Crippen LogP contribution is -2.26. The maximum Gasteiger partial charge on any atom is 0.253 e. The van der Waals surface area contributed by atoms with E-state index in [1.165, 1.54) is 10.9 Å². The van der Waals surface area contributed by atoms with Crippen LogP contribution in [0.5, 0.6) is 0 Å². The summed E-state index contributed by atoms with van der Waals surface area (Å²) in [6, 6.07) is 21.4. The van der Waals surface area contributed by atoms with E-state index in [1.807, 2.05) is 60.8 Å². The highest BCUT2D eigenvalue weighted by Crippen LogP contribution is 2.23. The van der Waals surface area contributed by atoms with E-state index >= 15 is 0 Å². The largest absolute Gasteiger partial charge is 0.361 e. The number of fused-ring (bicyclic) bond motifs is 2. The van der Waals surface area contributed by atoms with Crippen LogP contribution in [-0.4, -0.2) is 27.4 Å². The fourth-order valence-corrected chi connectivity index (χ4v) is 3.73. The molecule has 3 aromatic carbocycles. The Labute approximate surface area is 179 Å². The zero-order chi connectivity index (χ0) is 21.0. The summed E-state index contributed by atoms with van der Waals surface area (Å²) in [5.41, 5.74) is 6.13. The first-order chi connectivity index (χ1) is 15.3. The maximum absolute atomic E-state index is 12.9. The molecule has 5 rings (SSSR count). The lowest BCUT2D eigenvalue weighted by atomic mass is 10.1. The summed E-state index contributed by atoms with van der Waals surface area (Å²) in [6.45, 7) is 0.556. The Kier molecular flexibility index (Phi) is 5.02. The van der Waals surface area contributed by atoms with E-state index in [0.29, 0.717) is 12.1 Å². The molecule has 6 nitrogen and oxygen atoms in total. The highest BCUT2D eigenvalue weighted by atomic mass is 16.1. The highest BCUT2D eigenvalue weighted by molar-refractivity contribution is 6.00. The van der Waals surface area contributed by atoms with E-state index < -0.39 is 0 Å². The summed E-state index contributed by atoms with van der Waals surface area (Å²) < 4.78 is 0. The van der Waals surface area contributed by atoms with Gasteiger partial charge < -0.3 is 15.6 Å². The van der Waals surface area contributed by atoms with E-state index in [9.17, 15) is 4.79 Å². The third-order valence-corrected chi connectivity index (χ3v) is 5.27. The number of hydrogen-bond acceptors (Lipinski definition) is 4. The second kappa shape index (κ2) is 8.28. The van der Waals surface area contributed by atoms with Crippen LogP contribution >= 0.6 is 0 Å². The zero-order valence-corrected chi connectivity index (χ0v) is 16.8. The van der Waals surface area contributed by atoms with E-state index in [0.717, 1.165) is 34.3 Å². The Bertz CT molecular complexity index is 1370. The van der Waals surface area contributed by atoms with E-state index in [4.69, 9.17) is 0 Å². The number of aromatic nitrogens is 3. The number of amides is 1. The molecule has 2 heterocycles. The van der Waals surface area contributed by atoms with Gasteiger partial charge in [-0.1, -0.05) is 30.3 Å². The average molecular weight is 407 g/mol. The van der Waals surface area contributed by atoms with Gasteiger partial charge in [0, 0.05) is 41.7 Å². The summed E-state index contributed by atoms with van der Waals surface area (Å²) >= 11 is 0. The zero-order valence-electron chi connectivity index (χ0n) is 16.8. The van der Waals surface area contributed by atoms with Gasteiger partial charge in [-0.3, -0.25) is 14.8 Å². The Morgan fingerprint density at radius 1 is 0.903 bits per heavy atom. The molecule has 0 saturated heterocycles. The molecule has 0 atom stereocenters. The van der Waals surface area contributed by atoms with Gasteiger partial charge in [0.05, 0.1) is 22.3 Å². The standard InChI is InChI=1S/C25H21N5O/c31-25(28-12-11-17-16-29-21-7-3-1-5-19(17)21)20-6-2-4-8-22(20)30-18-9-10-23-24(15-18)27-14-13-26-23/h1-10,13-16,29-30H,11-12H2,(H,28,31). The van der Waals surface area contributed by atoms with Gasteiger partial charge in [-0.05, 0) is 48.4 Å². The topological polar surface area (TPSA) is 82.7 Å². The molecular formula is C25H21N5O. The second-order valence-electron chi connectivity index (χ2n) is 7.30. The molecule has 0 spiro atoms. The summed E-state index contributed by atoms with van der Waals surface area (Å²) in [5, 5.41) is 7.58. The Morgan fingerprint density at radius 2 is 1.71 bits per heavy atom. The maximum atomic E-state index is 12.9. The first-order valence-electron chi connectivity index (χ1n) is 10.2. The van der Waals surface area contributed by atoms with Gasteiger partial charge in [-0.2, -0.15) is 0 Å². The number of carbonyl (C=O) groups is 1. The van der Waals surface area contributed by atoms with Crippen LogP contribution in [0.2, 0.25) is 0 Å². The number of rotatable bonds is 6. The fourth-order valence-electron chi connectivity index (χ4n) is 3.73. The third-order valence-electron chi connectivity index (χ3n) is 5.27. The van der Waals surface area contributed by atoms with Gasteiger partial charge in [0.2, 0.25) is 0 Å². The molecule has 152 valence electrons. The van der Waals surface area contributed by atoms with Crippen molar-refractivity contribution in [3.63, 3.8) is 0 Å². The molecule has 0 fully saturated rings. The van der Waals surface area contributed by atoms with Crippen LogP contribution in [-0.2, 0) is 6.42 Å². The van der Waals surface area contributed by atoms with E-state index in [2.05, 4.69) is 37.7 Å². The molecule has 2 aromatic heterocycles. The van der Waals surface area contributed by atoms with Crippen molar-refractivity contribution in [3.05, 3.63) is 96.4 Å². The number of para-hydroxylation sites is 2. The van der Waals surface area contributed by atoms with Gasteiger partial charge in [-0.25, -0.2) is 0 Å².